The van der Waals surface area contributed by atoms with Crippen LogP contribution in [-0.4, -0.2) is 45.3 Å². The number of hydrogen-bond donors (Lipinski definition) is 1. The third-order valence-electron chi connectivity index (χ3n) is 3.65. The molecular weight excluding hydrogens is 347 g/mol. The first kappa shape index (κ1) is 16.9. The molecule has 3 rings (SSSR count). The zero-order valence-electron chi connectivity index (χ0n) is 12.4. The highest BCUT2D eigenvalue weighted by Crippen LogP contribution is 2.38. The molecule has 0 radical (unpaired) electrons. The van der Waals surface area contributed by atoms with Crippen molar-refractivity contribution in [3.8, 4) is 10.8 Å². The van der Waals surface area contributed by atoms with E-state index in [1.807, 2.05) is 0 Å². The highest BCUT2D eigenvalue weighted by atomic mass is 32.1. The van der Waals surface area contributed by atoms with Gasteiger partial charge >= 0.3 is 6.18 Å². The fourth-order valence-electron chi connectivity index (χ4n) is 2.42. The number of aliphatic hydroxyl groups is 1. The maximum atomic E-state index is 12.5. The van der Waals surface area contributed by atoms with Crippen LogP contribution < -0.4 is 0 Å². The van der Waals surface area contributed by atoms with Gasteiger partial charge in [-0.3, -0.25) is 4.79 Å². The third kappa shape index (κ3) is 3.59. The Bertz CT molecular complexity index is 722. The lowest BCUT2D eigenvalue weighted by Gasteiger charge is -2.13. The summed E-state index contributed by atoms with van der Waals surface area (Å²) in [6.45, 7) is 1.43. The summed E-state index contributed by atoms with van der Waals surface area (Å²) < 4.78 is 42.5. The summed E-state index contributed by atoms with van der Waals surface area (Å²) in [6.07, 6.45) is -5.33. The largest absolute Gasteiger partial charge is 0.419 e. The molecule has 6 nitrogen and oxygen atoms in total. The van der Waals surface area contributed by atoms with Crippen LogP contribution in [0.2, 0.25) is 0 Å². The second-order valence-electron chi connectivity index (χ2n) is 5.43. The molecule has 0 aromatic carbocycles. The first-order valence-electron chi connectivity index (χ1n) is 7.30. The highest BCUT2D eigenvalue weighted by molar-refractivity contribution is 7.15. The quantitative estimate of drug-likeness (QED) is 0.905. The summed E-state index contributed by atoms with van der Waals surface area (Å²) >= 11 is 0.717. The number of thiophene rings is 1. The van der Waals surface area contributed by atoms with Crippen LogP contribution >= 0.6 is 11.3 Å². The first-order valence-corrected chi connectivity index (χ1v) is 8.11. The topological polar surface area (TPSA) is 79.5 Å². The molecule has 1 fully saturated rings. The van der Waals surface area contributed by atoms with Crippen LogP contribution in [0.3, 0.4) is 0 Å². The van der Waals surface area contributed by atoms with Gasteiger partial charge in [-0.15, -0.1) is 11.3 Å². The minimum Gasteiger partial charge on any atom is -0.379 e. The van der Waals surface area contributed by atoms with Gasteiger partial charge in [0.05, 0.1) is 11.3 Å². The molecule has 1 amide bonds. The number of aromatic nitrogens is 2. The van der Waals surface area contributed by atoms with Gasteiger partial charge in [0, 0.05) is 18.0 Å². The number of hydrogen-bond acceptors (Lipinski definition) is 6. The molecule has 130 valence electrons. The molecular formula is C14H14F3N3O3S. The summed E-state index contributed by atoms with van der Waals surface area (Å²) in [5.41, 5.74) is 0. The lowest BCUT2D eigenvalue weighted by Crippen LogP contribution is -2.29. The summed E-state index contributed by atoms with van der Waals surface area (Å²) in [5.74, 6) is 0.122. The van der Waals surface area contributed by atoms with Gasteiger partial charge in [-0.25, -0.2) is 0 Å². The van der Waals surface area contributed by atoms with Gasteiger partial charge in [0.15, 0.2) is 11.9 Å². The van der Waals surface area contributed by atoms with E-state index in [0.717, 1.165) is 18.9 Å². The number of halogens is 3. The molecule has 1 unspecified atom stereocenters. The molecule has 0 saturated carbocycles. The van der Waals surface area contributed by atoms with Gasteiger partial charge < -0.3 is 14.5 Å². The fraction of sp³-hybridized carbons (Fsp3) is 0.500. The Balaban J connectivity index is 1.69. The molecule has 10 heteroatoms. The highest BCUT2D eigenvalue weighted by Gasteiger charge is 2.40. The Kier molecular flexibility index (Phi) is 4.59. The van der Waals surface area contributed by atoms with Crippen molar-refractivity contribution >= 4 is 17.2 Å². The zero-order chi connectivity index (χ0) is 17.3. The zero-order valence-corrected chi connectivity index (χ0v) is 13.2. The fourth-order valence-corrected chi connectivity index (χ4v) is 3.36. The minimum absolute atomic E-state index is 0.00704. The SMILES string of the molecule is O=C(Cc1noc(-c2ccc(C(O)C(F)(F)F)s2)n1)N1CCCC1. The van der Waals surface area contributed by atoms with Crippen LogP contribution in [0.4, 0.5) is 13.2 Å². The van der Waals surface area contributed by atoms with Crippen molar-refractivity contribution in [2.24, 2.45) is 0 Å². The van der Waals surface area contributed by atoms with E-state index in [9.17, 15) is 23.1 Å². The number of likely N-dealkylation sites (tertiary alicyclic amines) is 1. The second-order valence-corrected chi connectivity index (χ2v) is 6.54. The number of carbonyl (C=O) groups excluding carboxylic acids is 1. The van der Waals surface area contributed by atoms with Gasteiger partial charge in [-0.1, -0.05) is 5.16 Å². The molecule has 1 aliphatic rings. The first-order chi connectivity index (χ1) is 11.3. The van der Waals surface area contributed by atoms with Crippen molar-refractivity contribution < 1.29 is 27.6 Å². The number of amides is 1. The van der Waals surface area contributed by atoms with E-state index in [-0.39, 0.29) is 28.9 Å². The van der Waals surface area contributed by atoms with Crippen LogP contribution in [0.1, 0.15) is 29.6 Å². The van der Waals surface area contributed by atoms with Crippen molar-refractivity contribution in [1.82, 2.24) is 15.0 Å². The Morgan fingerprint density at radius 2 is 2.08 bits per heavy atom. The molecule has 1 aliphatic heterocycles. The van der Waals surface area contributed by atoms with E-state index in [0.29, 0.717) is 29.3 Å². The van der Waals surface area contributed by atoms with Crippen LogP contribution in [0.5, 0.6) is 0 Å². The summed E-state index contributed by atoms with van der Waals surface area (Å²) in [7, 11) is 0. The normalized spacial score (nSPS) is 16.6. The van der Waals surface area contributed by atoms with Crippen molar-refractivity contribution in [1.29, 1.82) is 0 Å². The molecule has 1 N–H and O–H groups in total. The predicted octanol–water partition coefficient (Wildman–Crippen LogP) is 2.56. The molecule has 0 aliphatic carbocycles. The van der Waals surface area contributed by atoms with E-state index < -0.39 is 12.3 Å². The van der Waals surface area contributed by atoms with Gasteiger partial charge in [-0.2, -0.15) is 18.2 Å². The van der Waals surface area contributed by atoms with Crippen LogP contribution in [0, 0.1) is 0 Å². The molecule has 3 heterocycles. The summed E-state index contributed by atoms with van der Waals surface area (Å²) in [5, 5.41) is 12.9. The smallest absolute Gasteiger partial charge is 0.379 e. The Hall–Kier alpha value is -1.94. The average molecular weight is 361 g/mol. The lowest BCUT2D eigenvalue weighted by molar-refractivity contribution is -0.205. The molecule has 1 atom stereocenters. The number of carbonyl (C=O) groups is 1. The molecule has 2 aromatic heterocycles. The predicted molar refractivity (Wildman–Crippen MR) is 78.1 cm³/mol. The summed E-state index contributed by atoms with van der Waals surface area (Å²) in [4.78, 5) is 17.8. The maximum absolute atomic E-state index is 12.5. The van der Waals surface area contributed by atoms with E-state index in [1.54, 1.807) is 4.90 Å². The van der Waals surface area contributed by atoms with Gasteiger partial charge in [0.25, 0.3) is 5.89 Å². The van der Waals surface area contributed by atoms with E-state index in [2.05, 4.69) is 10.1 Å². The molecule has 0 spiro atoms. The van der Waals surface area contributed by atoms with Crippen LogP contribution in [-0.2, 0) is 11.2 Å². The number of alkyl halides is 3. The molecule has 0 bridgehead atoms. The van der Waals surface area contributed by atoms with E-state index in [1.165, 1.54) is 6.07 Å². The molecule has 2 aromatic rings. The number of nitrogens with zero attached hydrogens (tertiary/aromatic N) is 3. The van der Waals surface area contributed by atoms with Crippen LogP contribution in [0.15, 0.2) is 16.7 Å². The summed E-state index contributed by atoms with van der Waals surface area (Å²) in [6, 6.07) is 2.53. The van der Waals surface area contributed by atoms with Crippen LogP contribution in [0.25, 0.3) is 10.8 Å². The molecule has 24 heavy (non-hydrogen) atoms. The maximum Gasteiger partial charge on any atom is 0.419 e. The van der Waals surface area contributed by atoms with Gasteiger partial charge in [-0.05, 0) is 25.0 Å². The Morgan fingerprint density at radius 3 is 2.75 bits per heavy atom. The lowest BCUT2D eigenvalue weighted by atomic mass is 10.3. The monoisotopic (exact) mass is 361 g/mol. The van der Waals surface area contributed by atoms with Crippen molar-refractivity contribution in [2.75, 3.05) is 13.1 Å². The average Bonchev–Trinajstić information content (AvgIpc) is 3.26. The van der Waals surface area contributed by atoms with Crippen molar-refractivity contribution in [3.05, 3.63) is 22.8 Å². The standard InChI is InChI=1S/C14H14F3N3O3S/c15-14(16,17)12(22)8-3-4-9(24-8)13-18-10(19-23-13)7-11(21)20-5-1-2-6-20/h3-4,12,22H,1-2,5-7H2. The van der Waals surface area contributed by atoms with Gasteiger partial charge in [0.2, 0.25) is 5.91 Å². The third-order valence-corrected chi connectivity index (χ3v) is 4.78. The number of aliphatic hydroxyl groups excluding tert-OH is 1. The van der Waals surface area contributed by atoms with Crippen molar-refractivity contribution in [3.63, 3.8) is 0 Å². The van der Waals surface area contributed by atoms with E-state index in [4.69, 9.17) is 4.52 Å². The van der Waals surface area contributed by atoms with Crippen molar-refractivity contribution in [2.45, 2.75) is 31.5 Å². The Morgan fingerprint density at radius 1 is 1.38 bits per heavy atom. The second kappa shape index (κ2) is 6.52. The van der Waals surface area contributed by atoms with E-state index >= 15 is 0 Å². The molecule has 1 saturated heterocycles. The Labute approximate surface area is 138 Å². The number of rotatable bonds is 4. The minimum atomic E-state index is -4.73. The van der Waals surface area contributed by atoms with Gasteiger partial charge in [0.1, 0.15) is 0 Å².